The summed E-state index contributed by atoms with van der Waals surface area (Å²) in [6.45, 7) is 32.7. The number of aromatic nitrogens is 7. The zero-order chi connectivity index (χ0) is 58.5. The van der Waals surface area contributed by atoms with E-state index in [1.165, 1.54) is 67.4 Å². The SMILES string of the molecule is CC(C)(C)[Si](C)(C)O[C@@H]1[C@@H]2OP(=O)([S-])OC[C@H]3O[C@@H](n4cnc5c(=O)n(CCCO)cnc54)[C@H](OP([O-])(=S)OC[C@H]2O[C@H]1n1cc2c4c(ncnc41)NCCC2)[C@@H]3O[Si](C)(C)C(C)(C)C.CC[NH+](CC)CC.CC[NH+](CC)CC. The molecule has 8 rings (SSSR count). The van der Waals surface area contributed by atoms with Crippen LogP contribution in [-0.2, 0) is 78.0 Å². The number of aliphatic hydroxyl groups excluding tert-OH is 1. The van der Waals surface area contributed by atoms with Crippen molar-refractivity contribution in [3.8, 4) is 0 Å². The normalized spacial score (nSPS) is 28.0. The van der Waals surface area contributed by atoms with E-state index in [1.807, 2.05) is 23.9 Å². The molecule has 8 heterocycles. The molecule has 0 spiro atoms. The molecule has 448 valence electrons. The number of imidazole rings is 1. The summed E-state index contributed by atoms with van der Waals surface area (Å²) in [6, 6.07) is 0. The fraction of sp³-hybridized carbons (Fsp3) is 0.784. The first kappa shape index (κ1) is 66.1. The Morgan fingerprint density at radius 3 is 1.95 bits per heavy atom. The Balaban J connectivity index is 0.000000637. The van der Waals surface area contributed by atoms with Gasteiger partial charge in [0.15, 0.2) is 47.1 Å². The van der Waals surface area contributed by atoms with E-state index in [0.29, 0.717) is 17.9 Å². The first-order valence-corrected chi connectivity index (χ1v) is 39.2. The van der Waals surface area contributed by atoms with Crippen molar-refractivity contribution in [1.29, 1.82) is 0 Å². The fourth-order valence-electron chi connectivity index (χ4n) is 9.56. The van der Waals surface area contributed by atoms with Gasteiger partial charge in [-0.3, -0.25) is 18.5 Å². The average Bonchev–Trinajstić information content (AvgIpc) is 4.14. The second-order valence-electron chi connectivity index (χ2n) is 23.7. The molecule has 10 atom stereocenters. The van der Waals surface area contributed by atoms with E-state index in [1.54, 1.807) is 9.80 Å². The standard InChI is InChI=1S/C39H62N8O12P2S2Si2.2C6H15N/c1-38(2,3)64(7,8)58-29-25-19-53-60(50,62)56-28-24(18-52-61(51,63)57-30(29)36(55-25)47-22-43-27-34(47)44-21-45(35(27)49)15-12-16-48)54-37(31(28)59-65(9,10)39(4,5)6)46-17-23-13-11-14-40-32-26(23)33(46)42-20-41-32;2*1-4-7(5-2)6-3/h17,20-22,24-25,28-31,36-37,48H,11-16,18-19H2,1-10H3,(H,50,62)(H,51,63)(H,40,41,42);2*4-6H2,1-3H3/t24-,25-,28-,29-,30-,31-,36-,37-,60?,61?;;/m1../s1. The summed E-state index contributed by atoms with van der Waals surface area (Å²) in [5, 5.41) is 13.0. The van der Waals surface area contributed by atoms with Gasteiger partial charge >= 0.3 is 0 Å². The maximum absolute atomic E-state index is 14.7. The van der Waals surface area contributed by atoms with E-state index in [-0.39, 0.29) is 34.4 Å². The molecule has 22 nitrogen and oxygen atoms in total. The Kier molecular flexibility index (Phi) is 22.9. The second-order valence-corrected chi connectivity index (χ2v) is 38.6. The van der Waals surface area contributed by atoms with Gasteiger partial charge in [-0.2, -0.15) is 0 Å². The van der Waals surface area contributed by atoms with Crippen molar-refractivity contribution in [2.45, 2.75) is 194 Å². The molecule has 4 aliphatic heterocycles. The number of aliphatic hydroxyl groups is 1. The smallest absolute Gasteiger partial charge is 0.281 e. The third-order valence-electron chi connectivity index (χ3n) is 16.6. The number of rotatable bonds is 15. The van der Waals surface area contributed by atoms with Crippen molar-refractivity contribution in [2.75, 3.05) is 71.0 Å². The molecule has 79 heavy (non-hydrogen) atoms. The molecule has 3 saturated heterocycles. The van der Waals surface area contributed by atoms with Crippen molar-refractivity contribution < 1.29 is 60.8 Å². The van der Waals surface area contributed by atoms with Crippen LogP contribution in [0.2, 0.25) is 36.3 Å². The lowest BCUT2D eigenvalue weighted by atomic mass is 10.1. The van der Waals surface area contributed by atoms with Crippen LogP contribution in [-0.4, -0.2) is 158 Å². The topological polar surface area (TPSA) is 239 Å². The number of fused-ring (bicyclic) bond motifs is 4. The summed E-state index contributed by atoms with van der Waals surface area (Å²) in [5.74, 6) is 0.705. The summed E-state index contributed by atoms with van der Waals surface area (Å²) < 4.78 is 72.1. The van der Waals surface area contributed by atoms with Crippen molar-refractivity contribution in [3.05, 3.63) is 41.1 Å². The van der Waals surface area contributed by atoms with Crippen LogP contribution < -0.4 is 25.6 Å². The van der Waals surface area contributed by atoms with Crippen LogP contribution >= 0.6 is 13.5 Å². The Bertz CT molecular complexity index is 2770. The maximum atomic E-state index is 14.7. The van der Waals surface area contributed by atoms with E-state index in [2.05, 4.69) is 116 Å². The third-order valence-corrected chi connectivity index (χ3v) is 28.6. The van der Waals surface area contributed by atoms with Crippen LogP contribution in [0.5, 0.6) is 0 Å². The highest BCUT2D eigenvalue weighted by atomic mass is 32.7. The minimum atomic E-state index is -4.52. The van der Waals surface area contributed by atoms with E-state index in [9.17, 15) is 19.4 Å². The summed E-state index contributed by atoms with van der Waals surface area (Å²) in [7, 11) is -5.39. The molecule has 4 aliphatic rings. The molecular formula is C51H92N10O12P2S2Si2. The second kappa shape index (κ2) is 27.3. The molecule has 2 bridgehead atoms. The average molecular weight is 1220 g/mol. The van der Waals surface area contributed by atoms with Crippen LogP contribution in [0, 0.1) is 0 Å². The van der Waals surface area contributed by atoms with Gasteiger partial charge in [-0.1, -0.05) is 53.3 Å². The van der Waals surface area contributed by atoms with Crippen molar-refractivity contribution in [3.63, 3.8) is 0 Å². The van der Waals surface area contributed by atoms with Gasteiger partial charge in [0.05, 0.1) is 64.2 Å². The molecule has 3 fully saturated rings. The highest BCUT2D eigenvalue weighted by Crippen LogP contribution is 2.56. The Morgan fingerprint density at radius 2 is 1.38 bits per heavy atom. The largest absolute Gasteiger partial charge is 0.780 e. The van der Waals surface area contributed by atoms with E-state index >= 15 is 0 Å². The molecule has 2 unspecified atom stereocenters. The zero-order valence-corrected chi connectivity index (χ0v) is 55.0. The lowest BCUT2D eigenvalue weighted by molar-refractivity contribution is -0.894. The molecule has 0 amide bonds. The quantitative estimate of drug-likeness (QED) is 0.0673. The van der Waals surface area contributed by atoms with Gasteiger partial charge < -0.3 is 78.4 Å². The van der Waals surface area contributed by atoms with Gasteiger partial charge in [-0.05, 0) is 103 Å². The van der Waals surface area contributed by atoms with Crippen LogP contribution in [0.25, 0.3) is 22.2 Å². The van der Waals surface area contributed by atoms with Crippen molar-refractivity contribution >= 4 is 82.2 Å². The van der Waals surface area contributed by atoms with Crippen LogP contribution in [0.15, 0.2) is 30.0 Å². The summed E-state index contributed by atoms with van der Waals surface area (Å²) in [4.78, 5) is 49.7. The minimum Gasteiger partial charge on any atom is -0.780 e. The number of hydrogen-bond donors (Lipinski definition) is 4. The lowest BCUT2D eigenvalue weighted by Crippen LogP contribution is -3.11. The van der Waals surface area contributed by atoms with Gasteiger partial charge in [-0.25, -0.2) is 19.9 Å². The number of nitrogens with one attached hydrogen (secondary N) is 3. The van der Waals surface area contributed by atoms with E-state index in [0.717, 1.165) is 30.3 Å². The molecule has 4 N–H and O–H groups in total. The first-order valence-electron chi connectivity index (χ1n) is 28.2. The van der Waals surface area contributed by atoms with Crippen LogP contribution in [0.3, 0.4) is 0 Å². The number of quaternary nitrogens is 2. The predicted molar refractivity (Wildman–Crippen MR) is 316 cm³/mol. The Morgan fingerprint density at radius 1 is 0.797 bits per heavy atom. The van der Waals surface area contributed by atoms with Crippen LogP contribution in [0.4, 0.5) is 5.82 Å². The van der Waals surface area contributed by atoms with Crippen molar-refractivity contribution in [2.24, 2.45) is 0 Å². The number of anilines is 1. The molecule has 28 heteroatoms. The summed E-state index contributed by atoms with van der Waals surface area (Å²) in [5.41, 5.74) is 1.34. The molecule has 4 aromatic rings. The molecule has 0 aromatic carbocycles. The number of aryl methyl sites for hydroxylation is 2. The Labute approximate surface area is 480 Å². The fourth-order valence-corrected chi connectivity index (χ4v) is 15.0. The molecule has 0 saturated carbocycles. The van der Waals surface area contributed by atoms with Crippen LogP contribution in [0.1, 0.15) is 114 Å². The monoisotopic (exact) mass is 1220 g/mol. The van der Waals surface area contributed by atoms with E-state index < -0.39 is 98.0 Å². The molecular weight excluding hydrogens is 1130 g/mol. The lowest BCUT2D eigenvalue weighted by Gasteiger charge is -2.42. The summed E-state index contributed by atoms with van der Waals surface area (Å²) >= 11 is 11.4. The minimum absolute atomic E-state index is 0.0252. The molecule has 0 radical (unpaired) electrons. The first-order chi connectivity index (χ1) is 37.0. The molecule has 4 aromatic heterocycles. The van der Waals surface area contributed by atoms with Gasteiger partial charge in [0.1, 0.15) is 67.5 Å². The molecule has 0 aliphatic carbocycles. The highest BCUT2D eigenvalue weighted by molar-refractivity contribution is 8.32. The number of hydrogen-bond acceptors (Lipinski definition) is 19. The van der Waals surface area contributed by atoms with Crippen molar-refractivity contribution in [1.82, 2.24) is 33.6 Å². The third kappa shape index (κ3) is 15.6. The van der Waals surface area contributed by atoms with Gasteiger partial charge in [0, 0.05) is 25.9 Å². The maximum Gasteiger partial charge on any atom is 0.281 e. The zero-order valence-electron chi connectivity index (χ0n) is 49.6. The number of ether oxygens (including phenoxy) is 2. The Hall–Kier alpha value is -2.05. The van der Waals surface area contributed by atoms with E-state index in [4.69, 9.17) is 65.5 Å². The predicted octanol–water partition coefficient (Wildman–Crippen LogP) is 5.27. The van der Waals surface area contributed by atoms with Gasteiger partial charge in [-0.15, -0.1) is 0 Å². The summed E-state index contributed by atoms with van der Waals surface area (Å²) in [6.07, 6.45) is -0.593. The number of nitrogens with zero attached hydrogens (tertiary/aromatic N) is 7. The van der Waals surface area contributed by atoms with Gasteiger partial charge in [0.25, 0.3) is 5.56 Å². The van der Waals surface area contributed by atoms with Gasteiger partial charge in [0.2, 0.25) is 0 Å². The highest BCUT2D eigenvalue weighted by Gasteiger charge is 2.56.